The maximum atomic E-state index is 12.1. The summed E-state index contributed by atoms with van der Waals surface area (Å²) >= 11 is 1.76. The van der Waals surface area contributed by atoms with E-state index in [1.54, 1.807) is 22.6 Å². The third kappa shape index (κ3) is 2.05. The highest BCUT2D eigenvalue weighted by atomic mass is 127. The van der Waals surface area contributed by atoms with E-state index in [-0.39, 0.29) is 0 Å². The number of phenols is 1. The van der Waals surface area contributed by atoms with Gasteiger partial charge < -0.3 is 18.1 Å². The van der Waals surface area contributed by atoms with Crippen LogP contribution in [0.3, 0.4) is 0 Å². The predicted molar refractivity (Wildman–Crippen MR) is 49.5 cm³/mol. The molecule has 0 amide bonds. The Morgan fingerprint density at radius 2 is 1.83 bits per heavy atom. The van der Waals surface area contributed by atoms with Crippen LogP contribution in [0.25, 0.3) is 0 Å². The number of rotatable bonds is 1. The van der Waals surface area contributed by atoms with Crippen molar-refractivity contribution in [2.45, 2.75) is 0 Å². The minimum atomic E-state index is -5.10. The number of hydrogen-bond acceptors (Lipinski definition) is 1. The zero-order valence-corrected chi connectivity index (χ0v) is 7.93. The first-order chi connectivity index (χ1) is 5.41. The van der Waals surface area contributed by atoms with Crippen LogP contribution in [0.1, 0.15) is 0 Å². The smallest absolute Gasteiger partial charge is 0.511 e. The predicted octanol–water partition coefficient (Wildman–Crippen LogP) is 2.05. The van der Waals surface area contributed by atoms with Crippen LogP contribution in [0.2, 0.25) is 0 Å². The topological polar surface area (TPSA) is 20.2 Å². The molecule has 0 spiro atoms. The summed E-state index contributed by atoms with van der Waals surface area (Å²) in [6.45, 7) is -5.10. The van der Waals surface area contributed by atoms with Gasteiger partial charge in [-0.2, -0.15) is 0 Å². The maximum absolute atomic E-state index is 12.1. The summed E-state index contributed by atoms with van der Waals surface area (Å²) < 4.78 is 36.8. The fraction of sp³-hybridized carbons (Fsp3) is 0. The molecule has 0 aromatic heterocycles. The second kappa shape index (κ2) is 3.16. The van der Waals surface area contributed by atoms with Gasteiger partial charge in [-0.15, -0.1) is 0 Å². The number of aromatic hydroxyl groups is 1. The first kappa shape index (κ1) is 9.69. The number of phenolic OH excluding ortho intramolecular Hbond substituents is 1. The highest BCUT2D eigenvalue weighted by Crippen LogP contribution is 2.18. The second-order valence-corrected chi connectivity index (χ2v) is 3.52. The summed E-state index contributed by atoms with van der Waals surface area (Å²) in [6, 6.07) is 3.39. The average molecular weight is 287 g/mol. The van der Waals surface area contributed by atoms with Crippen molar-refractivity contribution < 1.29 is 18.1 Å². The van der Waals surface area contributed by atoms with Gasteiger partial charge in [0.05, 0.1) is 5.75 Å². The highest BCUT2D eigenvalue weighted by Gasteiger charge is 2.28. The molecule has 1 N–H and O–H groups in total. The Balaban J connectivity index is 3.23. The van der Waals surface area contributed by atoms with Gasteiger partial charge in [-0.25, -0.2) is 0 Å². The van der Waals surface area contributed by atoms with E-state index in [0.29, 0.717) is 3.57 Å². The summed E-state index contributed by atoms with van der Waals surface area (Å²) in [5, 5.41) is 8.86. The first-order valence-electron chi connectivity index (χ1n) is 3.09. The minimum absolute atomic E-state index is 0.458. The molecule has 0 aliphatic carbocycles. The van der Waals surface area contributed by atoms with Crippen LogP contribution in [0.5, 0.6) is 5.75 Å². The lowest BCUT2D eigenvalue weighted by molar-refractivity contribution is 0.463. The van der Waals surface area contributed by atoms with E-state index in [1.165, 1.54) is 6.07 Å². The Morgan fingerprint density at radius 3 is 2.25 bits per heavy atom. The molecule has 1 aromatic carbocycles. The molecule has 66 valence electrons. The largest absolute Gasteiger partial charge is 0.513 e. The fourth-order valence-electron chi connectivity index (χ4n) is 0.788. The molecule has 6 heteroatoms. The summed E-state index contributed by atoms with van der Waals surface area (Å²) in [6.07, 6.45) is 0. The number of halogens is 4. The molecule has 0 fully saturated rings. The number of benzene rings is 1. The molecular formula is C6H4BF3IO-. The molecule has 0 aliphatic rings. The van der Waals surface area contributed by atoms with Crippen LogP contribution in [-0.2, 0) is 0 Å². The van der Waals surface area contributed by atoms with Crippen molar-refractivity contribution in [2.24, 2.45) is 0 Å². The van der Waals surface area contributed by atoms with Gasteiger partial charge in [-0.05, 0) is 34.7 Å². The molecule has 0 saturated heterocycles. The van der Waals surface area contributed by atoms with Crippen molar-refractivity contribution in [1.82, 2.24) is 0 Å². The summed E-state index contributed by atoms with van der Waals surface area (Å²) in [7, 11) is 0. The molecule has 0 bridgehead atoms. The molecule has 1 nitrogen and oxygen atoms in total. The molecule has 0 heterocycles. The molecule has 12 heavy (non-hydrogen) atoms. The van der Waals surface area contributed by atoms with Crippen molar-refractivity contribution in [3.63, 3.8) is 0 Å². The standard InChI is InChI=1S/C6H4BF3IO/c8-7(9,10)5-3-4(11)1-2-6(5)12/h1-3,12H/q-1. The van der Waals surface area contributed by atoms with Crippen LogP contribution in [-0.4, -0.2) is 12.1 Å². The zero-order valence-electron chi connectivity index (χ0n) is 5.77. The normalized spacial score (nSPS) is 11.7. The first-order valence-corrected chi connectivity index (χ1v) is 4.17. The summed E-state index contributed by atoms with van der Waals surface area (Å²) in [4.78, 5) is 0. The van der Waals surface area contributed by atoms with Crippen LogP contribution >= 0.6 is 22.6 Å². The van der Waals surface area contributed by atoms with Crippen LogP contribution in [0.4, 0.5) is 12.9 Å². The van der Waals surface area contributed by atoms with Gasteiger partial charge in [-0.3, -0.25) is 0 Å². The van der Waals surface area contributed by atoms with Crippen molar-refractivity contribution in [3.8, 4) is 5.75 Å². The molecule has 0 saturated carbocycles. The third-order valence-electron chi connectivity index (χ3n) is 1.34. The third-order valence-corrected chi connectivity index (χ3v) is 2.01. The van der Waals surface area contributed by atoms with Crippen molar-refractivity contribution >= 4 is 35.0 Å². The van der Waals surface area contributed by atoms with Gasteiger partial charge in [0.25, 0.3) is 0 Å². The summed E-state index contributed by atoms with van der Waals surface area (Å²) in [5.74, 6) is -0.706. The lowest BCUT2D eigenvalue weighted by atomic mass is 9.79. The SMILES string of the molecule is Oc1ccc(I)cc1[B-](F)(F)F. The molecular weight excluding hydrogens is 283 g/mol. The van der Waals surface area contributed by atoms with E-state index in [1.807, 2.05) is 0 Å². The van der Waals surface area contributed by atoms with Crippen LogP contribution in [0, 0.1) is 3.57 Å². The molecule has 1 aromatic rings. The van der Waals surface area contributed by atoms with Gasteiger partial charge in [0.2, 0.25) is 0 Å². The lowest BCUT2D eigenvalue weighted by Crippen LogP contribution is -2.34. The maximum Gasteiger partial charge on any atom is 0.513 e. The average Bonchev–Trinajstić information content (AvgIpc) is 1.92. The van der Waals surface area contributed by atoms with E-state index < -0.39 is 18.2 Å². The van der Waals surface area contributed by atoms with Gasteiger partial charge in [0.15, 0.2) is 0 Å². The zero-order chi connectivity index (χ0) is 9.35. The molecule has 0 atom stereocenters. The summed E-state index contributed by atoms with van der Waals surface area (Å²) in [5.41, 5.74) is -0.929. The van der Waals surface area contributed by atoms with Crippen molar-refractivity contribution in [2.75, 3.05) is 0 Å². The number of hydrogen-bond donors (Lipinski definition) is 1. The van der Waals surface area contributed by atoms with Gasteiger partial charge in [-0.1, -0.05) is 11.5 Å². The Kier molecular flexibility index (Phi) is 2.55. The van der Waals surface area contributed by atoms with Crippen molar-refractivity contribution in [3.05, 3.63) is 21.8 Å². The second-order valence-electron chi connectivity index (χ2n) is 2.28. The van der Waals surface area contributed by atoms with Gasteiger partial charge in [0.1, 0.15) is 0 Å². The van der Waals surface area contributed by atoms with E-state index in [0.717, 1.165) is 12.1 Å². The molecule has 0 radical (unpaired) electrons. The Hall–Kier alpha value is -0.395. The monoisotopic (exact) mass is 287 g/mol. The van der Waals surface area contributed by atoms with Crippen LogP contribution < -0.4 is 5.46 Å². The fourth-order valence-corrected chi connectivity index (χ4v) is 1.30. The Labute approximate surface area is 80.8 Å². The molecule has 0 unspecified atom stereocenters. The van der Waals surface area contributed by atoms with E-state index in [4.69, 9.17) is 5.11 Å². The van der Waals surface area contributed by atoms with E-state index in [9.17, 15) is 12.9 Å². The molecule has 1 rings (SSSR count). The van der Waals surface area contributed by atoms with Crippen molar-refractivity contribution in [1.29, 1.82) is 0 Å². The van der Waals surface area contributed by atoms with Gasteiger partial charge in [0, 0.05) is 3.57 Å². The highest BCUT2D eigenvalue weighted by molar-refractivity contribution is 14.1. The van der Waals surface area contributed by atoms with Gasteiger partial charge >= 0.3 is 6.98 Å². The van der Waals surface area contributed by atoms with E-state index >= 15 is 0 Å². The Morgan fingerprint density at radius 1 is 1.25 bits per heavy atom. The Bertz CT molecular complexity index is 299. The van der Waals surface area contributed by atoms with Crippen LogP contribution in [0.15, 0.2) is 18.2 Å². The minimum Gasteiger partial charge on any atom is -0.511 e. The van der Waals surface area contributed by atoms with E-state index in [2.05, 4.69) is 0 Å². The molecule has 0 aliphatic heterocycles. The quantitative estimate of drug-likeness (QED) is 0.619. The lowest BCUT2D eigenvalue weighted by Gasteiger charge is -2.16.